The molecule has 10 heteroatoms. The van der Waals surface area contributed by atoms with Crippen LogP contribution in [0.15, 0.2) is 66.9 Å². The number of halogens is 4. The van der Waals surface area contributed by atoms with E-state index in [4.69, 9.17) is 34.8 Å². The van der Waals surface area contributed by atoms with Crippen LogP contribution in [0, 0.1) is 5.82 Å². The van der Waals surface area contributed by atoms with Crippen molar-refractivity contribution >= 4 is 63.3 Å². The third kappa shape index (κ3) is 6.67. The zero-order valence-corrected chi connectivity index (χ0v) is 23.2. The fourth-order valence-corrected chi connectivity index (χ4v) is 5.01. The van der Waals surface area contributed by atoms with Gasteiger partial charge in [-0.3, -0.25) is 4.79 Å². The van der Waals surface area contributed by atoms with Gasteiger partial charge in [0.25, 0.3) is 0 Å². The number of nitrogens with zero attached hydrogens (tertiary/aromatic N) is 2. The number of rotatable bonds is 9. The number of benzene rings is 3. The third-order valence-corrected chi connectivity index (χ3v) is 7.79. The van der Waals surface area contributed by atoms with Gasteiger partial charge in [-0.2, -0.15) is 0 Å². The Morgan fingerprint density at radius 2 is 1.77 bits per heavy atom. The number of urea groups is 1. The molecule has 1 aliphatic rings. The first-order valence-corrected chi connectivity index (χ1v) is 13.7. The summed E-state index contributed by atoms with van der Waals surface area (Å²) in [6, 6.07) is 16.8. The fraction of sp³-hybridized carbons (Fsp3) is 0.241. The lowest BCUT2D eigenvalue weighted by atomic mass is 10.1. The molecule has 4 aromatic rings. The van der Waals surface area contributed by atoms with Gasteiger partial charge in [-0.15, -0.1) is 0 Å². The molecule has 1 aliphatic carbocycles. The third-order valence-electron chi connectivity index (χ3n) is 6.76. The SMILES string of the molecule is O=C(CN(C(=O)Nc1ccc(F)c(Cl)c1)C1CC1)N(CCc1c[nH]c2ccccc12)Cc1ccc(Cl)c(Cl)c1. The number of hydrogen-bond acceptors (Lipinski definition) is 2. The fourth-order valence-electron chi connectivity index (χ4n) is 4.51. The van der Waals surface area contributed by atoms with E-state index in [2.05, 4.69) is 10.3 Å². The molecule has 0 radical (unpaired) electrons. The summed E-state index contributed by atoms with van der Waals surface area (Å²) in [6.07, 6.45) is 4.21. The average molecular weight is 588 g/mol. The number of carbonyl (C=O) groups excluding carboxylic acids is 2. The number of nitrogens with one attached hydrogen (secondary N) is 2. The molecule has 3 amide bonds. The first kappa shape index (κ1) is 27.3. The van der Waals surface area contributed by atoms with E-state index in [1.54, 1.807) is 17.0 Å². The van der Waals surface area contributed by atoms with Crippen LogP contribution in [0.3, 0.4) is 0 Å². The van der Waals surface area contributed by atoms with E-state index >= 15 is 0 Å². The van der Waals surface area contributed by atoms with Gasteiger partial charge in [0.1, 0.15) is 12.4 Å². The van der Waals surface area contributed by atoms with Gasteiger partial charge in [-0.25, -0.2) is 9.18 Å². The Bertz CT molecular complexity index is 1520. The number of carbonyl (C=O) groups is 2. The van der Waals surface area contributed by atoms with E-state index in [9.17, 15) is 14.0 Å². The summed E-state index contributed by atoms with van der Waals surface area (Å²) < 4.78 is 13.6. The molecule has 202 valence electrons. The van der Waals surface area contributed by atoms with Gasteiger partial charge in [0.2, 0.25) is 5.91 Å². The van der Waals surface area contributed by atoms with Crippen molar-refractivity contribution in [2.75, 3.05) is 18.4 Å². The van der Waals surface area contributed by atoms with E-state index in [0.717, 1.165) is 34.9 Å². The zero-order valence-electron chi connectivity index (χ0n) is 20.9. The first-order valence-electron chi connectivity index (χ1n) is 12.6. The molecule has 1 aromatic heterocycles. The molecule has 0 saturated heterocycles. The van der Waals surface area contributed by atoms with E-state index in [1.807, 2.05) is 36.5 Å². The van der Waals surface area contributed by atoms with E-state index in [-0.39, 0.29) is 23.5 Å². The summed E-state index contributed by atoms with van der Waals surface area (Å²) in [6.45, 7) is 0.654. The normalized spacial score (nSPS) is 12.9. The van der Waals surface area contributed by atoms with Gasteiger partial charge in [0, 0.05) is 41.9 Å². The zero-order chi connectivity index (χ0) is 27.5. The predicted molar refractivity (Wildman–Crippen MR) is 154 cm³/mol. The first-order chi connectivity index (χ1) is 18.8. The summed E-state index contributed by atoms with van der Waals surface area (Å²) in [5.41, 5.74) is 3.33. The highest BCUT2D eigenvalue weighted by Gasteiger charge is 2.35. The number of H-pyrrole nitrogens is 1. The van der Waals surface area contributed by atoms with Crippen molar-refractivity contribution in [2.45, 2.75) is 31.8 Å². The topological polar surface area (TPSA) is 68.4 Å². The number of aromatic amines is 1. The number of aromatic nitrogens is 1. The molecule has 0 unspecified atom stereocenters. The van der Waals surface area contributed by atoms with Crippen molar-refractivity contribution in [3.8, 4) is 0 Å². The second kappa shape index (κ2) is 11.9. The van der Waals surface area contributed by atoms with Gasteiger partial charge in [-0.1, -0.05) is 59.1 Å². The maximum absolute atomic E-state index is 13.7. The minimum absolute atomic E-state index is 0.0367. The van der Waals surface area contributed by atoms with Crippen LogP contribution in [0.5, 0.6) is 0 Å². The number of para-hydroxylation sites is 1. The molecule has 0 spiro atoms. The van der Waals surface area contributed by atoms with Crippen LogP contribution in [0.2, 0.25) is 15.1 Å². The quantitative estimate of drug-likeness (QED) is 0.212. The number of amides is 3. The number of anilines is 1. The van der Waals surface area contributed by atoms with Crippen molar-refractivity contribution < 1.29 is 14.0 Å². The van der Waals surface area contributed by atoms with E-state index < -0.39 is 11.8 Å². The highest BCUT2D eigenvalue weighted by molar-refractivity contribution is 6.42. The smallest absolute Gasteiger partial charge is 0.322 e. The van der Waals surface area contributed by atoms with E-state index in [0.29, 0.717) is 35.2 Å². The maximum atomic E-state index is 13.7. The van der Waals surface area contributed by atoms with Gasteiger partial charge >= 0.3 is 6.03 Å². The van der Waals surface area contributed by atoms with Crippen LogP contribution < -0.4 is 5.32 Å². The van der Waals surface area contributed by atoms with Crippen LogP contribution in [-0.2, 0) is 17.8 Å². The summed E-state index contributed by atoms with van der Waals surface area (Å²) in [7, 11) is 0. The molecular formula is C29H26Cl3FN4O2. The highest BCUT2D eigenvalue weighted by atomic mass is 35.5. The molecule has 6 nitrogen and oxygen atoms in total. The van der Waals surface area contributed by atoms with Crippen molar-refractivity contribution in [1.29, 1.82) is 0 Å². The molecule has 0 aliphatic heterocycles. The molecule has 1 heterocycles. The molecule has 5 rings (SSSR count). The maximum Gasteiger partial charge on any atom is 0.322 e. The van der Waals surface area contributed by atoms with Crippen LogP contribution >= 0.6 is 34.8 Å². The van der Waals surface area contributed by atoms with Crippen molar-refractivity contribution in [2.24, 2.45) is 0 Å². The highest BCUT2D eigenvalue weighted by Crippen LogP contribution is 2.29. The largest absolute Gasteiger partial charge is 0.361 e. The number of fused-ring (bicyclic) bond motifs is 1. The summed E-state index contributed by atoms with van der Waals surface area (Å²) in [5.74, 6) is -0.767. The standard InChI is InChI=1S/C29H26Cl3FN4O2/c30-23-9-5-18(13-24(23)31)16-36(12-11-19-15-34-27-4-2-1-3-22(19)27)28(38)17-37(21-7-8-21)29(39)35-20-6-10-26(33)25(32)14-20/h1-6,9-10,13-15,21,34H,7-8,11-12,16-17H2,(H,35,39). The Morgan fingerprint density at radius 3 is 2.51 bits per heavy atom. The second-order valence-electron chi connectivity index (χ2n) is 9.59. The van der Waals surface area contributed by atoms with E-state index in [1.165, 1.54) is 23.1 Å². The lowest BCUT2D eigenvalue weighted by molar-refractivity contribution is -0.132. The molecular weight excluding hydrogens is 562 g/mol. The minimum atomic E-state index is -0.572. The minimum Gasteiger partial charge on any atom is -0.361 e. The summed E-state index contributed by atoms with van der Waals surface area (Å²) >= 11 is 18.2. The molecule has 1 saturated carbocycles. The Kier molecular flexibility index (Phi) is 8.31. The molecule has 39 heavy (non-hydrogen) atoms. The molecule has 1 fully saturated rings. The predicted octanol–water partition coefficient (Wildman–Crippen LogP) is 7.54. The van der Waals surface area contributed by atoms with Crippen LogP contribution in [0.4, 0.5) is 14.9 Å². The second-order valence-corrected chi connectivity index (χ2v) is 10.8. The Balaban J connectivity index is 1.33. The van der Waals surface area contributed by atoms with Gasteiger partial charge in [0.15, 0.2) is 0 Å². The molecule has 3 aromatic carbocycles. The van der Waals surface area contributed by atoms with Crippen LogP contribution in [-0.4, -0.2) is 45.9 Å². The monoisotopic (exact) mass is 586 g/mol. The molecule has 2 N–H and O–H groups in total. The van der Waals surface area contributed by atoms with Crippen LogP contribution in [0.25, 0.3) is 10.9 Å². The average Bonchev–Trinajstić information content (AvgIpc) is 3.68. The molecule has 0 atom stereocenters. The van der Waals surface area contributed by atoms with Gasteiger partial charge in [-0.05, 0) is 66.8 Å². The lowest BCUT2D eigenvalue weighted by Crippen LogP contribution is -2.45. The van der Waals surface area contributed by atoms with Crippen molar-refractivity contribution in [3.05, 3.63) is 98.9 Å². The van der Waals surface area contributed by atoms with Crippen LogP contribution in [0.1, 0.15) is 24.0 Å². The van der Waals surface area contributed by atoms with Gasteiger partial charge < -0.3 is 20.1 Å². The van der Waals surface area contributed by atoms with Crippen molar-refractivity contribution in [1.82, 2.24) is 14.8 Å². The Morgan fingerprint density at radius 1 is 0.974 bits per heavy atom. The Labute approximate surface area is 240 Å². The van der Waals surface area contributed by atoms with Gasteiger partial charge in [0.05, 0.1) is 15.1 Å². The summed E-state index contributed by atoms with van der Waals surface area (Å²) in [5, 5.41) is 4.61. The van der Waals surface area contributed by atoms with Crippen molar-refractivity contribution in [3.63, 3.8) is 0 Å². The number of hydrogen-bond donors (Lipinski definition) is 2. The Hall–Kier alpha value is -3.26. The molecule has 0 bridgehead atoms. The lowest BCUT2D eigenvalue weighted by Gasteiger charge is -2.28. The summed E-state index contributed by atoms with van der Waals surface area (Å²) in [4.78, 5) is 33.4.